The second-order valence-electron chi connectivity index (χ2n) is 5.56. The first kappa shape index (κ1) is 21.5. The highest BCUT2D eigenvalue weighted by molar-refractivity contribution is 5.78. The Morgan fingerprint density at radius 2 is 1.58 bits per heavy atom. The predicted octanol–water partition coefficient (Wildman–Crippen LogP) is 3.40. The molecule has 0 aliphatic rings. The van der Waals surface area contributed by atoms with Gasteiger partial charge in [-0.3, -0.25) is 4.79 Å². The third-order valence-electron chi connectivity index (χ3n) is 3.23. The first-order valence-electron chi connectivity index (χ1n) is 8.76. The zero-order chi connectivity index (χ0) is 19.2. The maximum atomic E-state index is 12.0. The molecule has 7 heteroatoms. The molecule has 1 aromatic carbocycles. The molecule has 26 heavy (non-hydrogen) atoms. The van der Waals surface area contributed by atoms with Gasteiger partial charge in [0, 0.05) is 12.8 Å². The Bertz CT molecular complexity index is 556. The van der Waals surface area contributed by atoms with Crippen LogP contribution in [0.2, 0.25) is 0 Å². The van der Waals surface area contributed by atoms with Gasteiger partial charge in [-0.25, -0.2) is 9.59 Å². The van der Waals surface area contributed by atoms with Gasteiger partial charge in [-0.1, -0.05) is 44.2 Å². The fourth-order valence-corrected chi connectivity index (χ4v) is 1.92. The quantitative estimate of drug-likeness (QED) is 0.438. The maximum Gasteiger partial charge on any atom is 0.509 e. The molecular weight excluding hydrogens is 340 g/mol. The van der Waals surface area contributed by atoms with Crippen molar-refractivity contribution in [3.63, 3.8) is 0 Å². The van der Waals surface area contributed by atoms with Crippen LogP contribution in [0.15, 0.2) is 30.3 Å². The second-order valence-corrected chi connectivity index (χ2v) is 5.56. The van der Waals surface area contributed by atoms with Crippen molar-refractivity contribution in [3.05, 3.63) is 35.9 Å². The fraction of sp³-hybridized carbons (Fsp3) is 0.526. The Morgan fingerprint density at radius 1 is 0.923 bits per heavy atom. The third kappa shape index (κ3) is 9.05. The van der Waals surface area contributed by atoms with E-state index in [0.717, 1.165) is 5.56 Å². The van der Waals surface area contributed by atoms with Gasteiger partial charge in [-0.05, 0) is 18.4 Å². The van der Waals surface area contributed by atoms with Crippen molar-refractivity contribution in [2.75, 3.05) is 13.2 Å². The molecule has 0 amide bonds. The molecule has 1 aromatic rings. The molecule has 1 unspecified atom stereocenters. The molecular formula is C19H26O7. The van der Waals surface area contributed by atoms with E-state index in [2.05, 4.69) is 0 Å². The zero-order valence-electron chi connectivity index (χ0n) is 15.3. The minimum atomic E-state index is -1.21. The summed E-state index contributed by atoms with van der Waals surface area (Å²) in [6, 6.07) is 9.07. The highest BCUT2D eigenvalue weighted by atomic mass is 16.7. The summed E-state index contributed by atoms with van der Waals surface area (Å²) in [5.74, 6) is -1.16. The van der Waals surface area contributed by atoms with Crippen LogP contribution in [0, 0.1) is 0 Å². The van der Waals surface area contributed by atoms with Crippen LogP contribution >= 0.6 is 0 Å². The average Bonchev–Trinajstić information content (AvgIpc) is 2.66. The molecule has 1 atom stereocenters. The fourth-order valence-electron chi connectivity index (χ4n) is 1.92. The van der Waals surface area contributed by atoms with Crippen LogP contribution in [0.25, 0.3) is 0 Å². The van der Waals surface area contributed by atoms with Gasteiger partial charge < -0.3 is 18.9 Å². The van der Waals surface area contributed by atoms with E-state index in [4.69, 9.17) is 18.9 Å². The molecule has 0 bridgehead atoms. The molecule has 0 spiro atoms. The molecule has 0 saturated heterocycles. The largest absolute Gasteiger partial charge is 0.509 e. The summed E-state index contributed by atoms with van der Waals surface area (Å²) in [4.78, 5) is 35.5. The molecule has 0 aliphatic carbocycles. The summed E-state index contributed by atoms with van der Waals surface area (Å²) in [5.41, 5.74) is 0.790. The third-order valence-corrected chi connectivity index (χ3v) is 3.23. The average molecular weight is 366 g/mol. The Hall–Kier alpha value is -2.57. The first-order valence-corrected chi connectivity index (χ1v) is 8.76. The summed E-state index contributed by atoms with van der Waals surface area (Å²) in [5, 5.41) is 0. The van der Waals surface area contributed by atoms with Crippen molar-refractivity contribution in [2.45, 2.75) is 52.2 Å². The highest BCUT2D eigenvalue weighted by Crippen LogP contribution is 2.10. The van der Waals surface area contributed by atoms with E-state index in [-0.39, 0.29) is 26.1 Å². The van der Waals surface area contributed by atoms with Crippen LogP contribution in [-0.4, -0.2) is 37.4 Å². The Labute approximate surface area is 153 Å². The molecule has 0 heterocycles. The van der Waals surface area contributed by atoms with Crippen LogP contribution in [0.3, 0.4) is 0 Å². The van der Waals surface area contributed by atoms with Crippen molar-refractivity contribution in [2.24, 2.45) is 0 Å². The lowest BCUT2D eigenvalue weighted by atomic mass is 10.2. The summed E-state index contributed by atoms with van der Waals surface area (Å²) < 4.78 is 20.0. The standard InChI is InChI=1S/C19H26O7/c1-3-12-23-17(20)11-10-16(18(21)24-13-4-2)26-19(22)25-14-15-8-6-5-7-9-15/h5-9,16H,3-4,10-14H2,1-2H3. The number of rotatable bonds is 11. The lowest BCUT2D eigenvalue weighted by molar-refractivity contribution is -0.156. The van der Waals surface area contributed by atoms with Gasteiger partial charge in [-0.2, -0.15) is 0 Å². The number of ether oxygens (including phenoxy) is 4. The van der Waals surface area contributed by atoms with Gasteiger partial charge in [0.2, 0.25) is 6.10 Å². The monoisotopic (exact) mass is 366 g/mol. The van der Waals surface area contributed by atoms with E-state index >= 15 is 0 Å². The van der Waals surface area contributed by atoms with Crippen molar-refractivity contribution in [1.82, 2.24) is 0 Å². The smallest absolute Gasteiger partial charge is 0.466 e. The summed E-state index contributed by atoms with van der Waals surface area (Å²) in [6.07, 6.45) is -0.942. The summed E-state index contributed by atoms with van der Waals surface area (Å²) in [6.45, 7) is 4.26. The molecule has 0 aromatic heterocycles. The van der Waals surface area contributed by atoms with Crippen LogP contribution in [-0.2, 0) is 35.1 Å². The van der Waals surface area contributed by atoms with Crippen molar-refractivity contribution in [1.29, 1.82) is 0 Å². The van der Waals surface area contributed by atoms with Crippen LogP contribution in [0.5, 0.6) is 0 Å². The van der Waals surface area contributed by atoms with E-state index in [9.17, 15) is 14.4 Å². The van der Waals surface area contributed by atoms with Crippen LogP contribution in [0.1, 0.15) is 45.1 Å². The second kappa shape index (κ2) is 12.7. The molecule has 0 N–H and O–H groups in total. The Balaban J connectivity index is 2.52. The molecule has 7 nitrogen and oxygen atoms in total. The number of carbonyl (C=O) groups excluding carboxylic acids is 3. The zero-order valence-corrected chi connectivity index (χ0v) is 15.3. The van der Waals surface area contributed by atoms with Gasteiger partial charge in [0.05, 0.1) is 13.2 Å². The molecule has 144 valence electrons. The topological polar surface area (TPSA) is 88.1 Å². The predicted molar refractivity (Wildman–Crippen MR) is 93.2 cm³/mol. The number of benzene rings is 1. The molecule has 0 aliphatic heterocycles. The van der Waals surface area contributed by atoms with Gasteiger partial charge in [0.15, 0.2) is 0 Å². The van der Waals surface area contributed by atoms with E-state index in [1.807, 2.05) is 32.0 Å². The van der Waals surface area contributed by atoms with Crippen LogP contribution < -0.4 is 0 Å². The van der Waals surface area contributed by atoms with Gasteiger partial charge in [-0.15, -0.1) is 0 Å². The highest BCUT2D eigenvalue weighted by Gasteiger charge is 2.26. The lowest BCUT2D eigenvalue weighted by Crippen LogP contribution is -2.30. The number of carbonyl (C=O) groups is 3. The number of hydrogen-bond donors (Lipinski definition) is 0. The van der Waals surface area contributed by atoms with Gasteiger partial charge in [0.1, 0.15) is 6.61 Å². The first-order chi connectivity index (χ1) is 12.6. The SMILES string of the molecule is CCCOC(=O)CCC(OC(=O)OCc1ccccc1)C(=O)OCCC. The Kier molecular flexibility index (Phi) is 10.5. The minimum absolute atomic E-state index is 0.0223. The summed E-state index contributed by atoms with van der Waals surface area (Å²) >= 11 is 0. The molecule has 0 saturated carbocycles. The molecule has 0 radical (unpaired) electrons. The minimum Gasteiger partial charge on any atom is -0.466 e. The van der Waals surface area contributed by atoms with Gasteiger partial charge >= 0.3 is 18.1 Å². The normalized spacial score (nSPS) is 11.3. The number of esters is 2. The molecule has 0 fully saturated rings. The van der Waals surface area contributed by atoms with Crippen molar-refractivity contribution < 1.29 is 33.3 Å². The van der Waals surface area contributed by atoms with Crippen molar-refractivity contribution in [3.8, 4) is 0 Å². The Morgan fingerprint density at radius 3 is 2.23 bits per heavy atom. The van der Waals surface area contributed by atoms with E-state index in [1.54, 1.807) is 12.1 Å². The van der Waals surface area contributed by atoms with E-state index < -0.39 is 24.2 Å². The number of hydrogen-bond acceptors (Lipinski definition) is 7. The lowest BCUT2D eigenvalue weighted by Gasteiger charge is -2.16. The maximum absolute atomic E-state index is 12.0. The van der Waals surface area contributed by atoms with Crippen LogP contribution in [0.4, 0.5) is 4.79 Å². The molecule has 1 rings (SSSR count). The van der Waals surface area contributed by atoms with E-state index in [1.165, 1.54) is 0 Å². The van der Waals surface area contributed by atoms with E-state index in [0.29, 0.717) is 19.4 Å². The summed E-state index contributed by atoms with van der Waals surface area (Å²) in [7, 11) is 0. The van der Waals surface area contributed by atoms with Gasteiger partial charge in [0.25, 0.3) is 0 Å². The van der Waals surface area contributed by atoms with Crippen molar-refractivity contribution >= 4 is 18.1 Å².